The van der Waals surface area contributed by atoms with Crippen LogP contribution in [0.25, 0.3) is 22.3 Å². The Labute approximate surface area is 223 Å². The Morgan fingerprint density at radius 1 is 0.842 bits per heavy atom. The Hall–Kier alpha value is -4.64. The lowest BCUT2D eigenvalue weighted by Crippen LogP contribution is -2.42. The van der Waals surface area contributed by atoms with Crippen LogP contribution in [0.15, 0.2) is 116 Å². The quantitative estimate of drug-likeness (QED) is 0.263. The van der Waals surface area contributed by atoms with Gasteiger partial charge in [-0.2, -0.15) is 0 Å². The van der Waals surface area contributed by atoms with Crippen LogP contribution in [0, 0.1) is 0 Å². The standard InChI is InChI=1S/C30H25NO4.C3H6/c32-29(33)28(18-20-14-16-22(17-15-20)21-8-2-1-3-9-21)31-30(34)35-19-27-25-12-6-4-10-23(25)24-11-5-7-13-26(24)27;1-3-2/h1-17,27-28H,18-19H2,(H,31,34)(H,32,33);3H,1H2,2H3/t28-;/m1./s1. The Balaban J connectivity index is 0.00000107. The fourth-order valence-electron chi connectivity index (χ4n) is 4.68. The van der Waals surface area contributed by atoms with Crippen molar-refractivity contribution in [3.05, 3.63) is 132 Å². The van der Waals surface area contributed by atoms with Crippen molar-refractivity contribution in [3.8, 4) is 22.3 Å². The highest BCUT2D eigenvalue weighted by molar-refractivity contribution is 5.81. The first-order valence-corrected chi connectivity index (χ1v) is 12.6. The molecule has 5 nitrogen and oxygen atoms in total. The van der Waals surface area contributed by atoms with Gasteiger partial charge in [-0.1, -0.05) is 109 Å². The first-order chi connectivity index (χ1) is 18.5. The second kappa shape index (κ2) is 12.5. The van der Waals surface area contributed by atoms with Gasteiger partial charge in [-0.15, -0.1) is 6.58 Å². The number of nitrogens with one attached hydrogen (secondary N) is 1. The number of amides is 1. The van der Waals surface area contributed by atoms with Crippen molar-refractivity contribution >= 4 is 12.1 Å². The molecule has 1 amide bonds. The first kappa shape index (κ1) is 26.4. The molecule has 0 bridgehead atoms. The van der Waals surface area contributed by atoms with Crippen molar-refractivity contribution in [2.45, 2.75) is 25.3 Å². The number of carbonyl (C=O) groups is 2. The van der Waals surface area contributed by atoms with Crippen LogP contribution in [-0.2, 0) is 16.0 Å². The molecule has 0 aromatic heterocycles. The predicted octanol–water partition coefficient (Wildman–Crippen LogP) is 7.08. The lowest BCUT2D eigenvalue weighted by molar-refractivity contribution is -0.139. The van der Waals surface area contributed by atoms with E-state index in [4.69, 9.17) is 4.74 Å². The summed E-state index contributed by atoms with van der Waals surface area (Å²) in [7, 11) is 0. The van der Waals surface area contributed by atoms with E-state index in [1.807, 2.05) is 97.9 Å². The molecule has 4 aromatic rings. The summed E-state index contributed by atoms with van der Waals surface area (Å²) < 4.78 is 5.52. The van der Waals surface area contributed by atoms with E-state index in [0.29, 0.717) is 0 Å². The minimum atomic E-state index is -1.11. The normalized spacial score (nSPS) is 12.2. The van der Waals surface area contributed by atoms with Gasteiger partial charge in [-0.25, -0.2) is 9.59 Å². The van der Waals surface area contributed by atoms with Crippen molar-refractivity contribution < 1.29 is 19.4 Å². The molecule has 1 atom stereocenters. The van der Waals surface area contributed by atoms with E-state index in [9.17, 15) is 14.7 Å². The molecular formula is C33H31NO4. The predicted molar refractivity (Wildman–Crippen MR) is 151 cm³/mol. The number of rotatable bonds is 7. The average molecular weight is 506 g/mol. The summed E-state index contributed by atoms with van der Waals surface area (Å²) in [5.41, 5.74) is 7.44. The molecule has 0 aliphatic heterocycles. The molecule has 5 heteroatoms. The smallest absolute Gasteiger partial charge is 0.407 e. The number of aliphatic carboxylic acids is 1. The fraction of sp³-hybridized carbons (Fsp3) is 0.152. The van der Waals surface area contributed by atoms with E-state index in [1.54, 1.807) is 6.08 Å². The SMILES string of the molecule is C=CC.O=C(N[C@H](Cc1ccc(-c2ccccc2)cc1)C(=O)O)OCC1c2ccccc2-c2ccccc21. The summed E-state index contributed by atoms with van der Waals surface area (Å²) >= 11 is 0. The summed E-state index contributed by atoms with van der Waals surface area (Å²) in [4.78, 5) is 24.4. The summed E-state index contributed by atoms with van der Waals surface area (Å²) in [6.07, 6.45) is 1.18. The molecule has 38 heavy (non-hydrogen) atoms. The molecule has 0 unspecified atom stereocenters. The Morgan fingerprint density at radius 3 is 1.89 bits per heavy atom. The maximum Gasteiger partial charge on any atom is 0.407 e. The molecule has 0 saturated carbocycles. The van der Waals surface area contributed by atoms with Gasteiger partial charge < -0.3 is 15.2 Å². The number of carbonyl (C=O) groups excluding carboxylic acids is 1. The zero-order valence-electron chi connectivity index (χ0n) is 21.3. The van der Waals surface area contributed by atoms with Gasteiger partial charge in [0, 0.05) is 12.3 Å². The molecule has 0 saturated heterocycles. The van der Waals surface area contributed by atoms with Crippen molar-refractivity contribution in [1.29, 1.82) is 0 Å². The van der Waals surface area contributed by atoms with E-state index in [1.165, 1.54) is 0 Å². The van der Waals surface area contributed by atoms with Crippen LogP contribution in [-0.4, -0.2) is 29.8 Å². The second-order valence-corrected chi connectivity index (χ2v) is 9.04. The third-order valence-corrected chi connectivity index (χ3v) is 6.43. The van der Waals surface area contributed by atoms with Gasteiger partial charge in [0.1, 0.15) is 12.6 Å². The molecule has 1 aliphatic carbocycles. The van der Waals surface area contributed by atoms with Gasteiger partial charge in [-0.05, 0) is 45.9 Å². The minimum absolute atomic E-state index is 0.0815. The lowest BCUT2D eigenvalue weighted by Gasteiger charge is -2.17. The number of carboxylic acid groups (broad SMARTS) is 1. The van der Waals surface area contributed by atoms with Crippen molar-refractivity contribution in [2.24, 2.45) is 0 Å². The van der Waals surface area contributed by atoms with Crippen LogP contribution in [0.2, 0.25) is 0 Å². The maximum atomic E-state index is 12.6. The molecular weight excluding hydrogens is 474 g/mol. The van der Waals surface area contributed by atoms with Crippen LogP contribution < -0.4 is 5.32 Å². The molecule has 0 radical (unpaired) electrons. The molecule has 2 N–H and O–H groups in total. The van der Waals surface area contributed by atoms with Gasteiger partial charge in [0.25, 0.3) is 0 Å². The average Bonchev–Trinajstić information content (AvgIpc) is 3.26. The van der Waals surface area contributed by atoms with Crippen molar-refractivity contribution in [1.82, 2.24) is 5.32 Å². The van der Waals surface area contributed by atoms with Gasteiger partial charge in [-0.3, -0.25) is 0 Å². The fourth-order valence-corrected chi connectivity index (χ4v) is 4.68. The van der Waals surface area contributed by atoms with Gasteiger partial charge >= 0.3 is 12.1 Å². The number of ether oxygens (including phenoxy) is 1. The number of allylic oxidation sites excluding steroid dienone is 1. The van der Waals surface area contributed by atoms with E-state index < -0.39 is 18.1 Å². The number of benzene rings is 4. The number of hydrogen-bond acceptors (Lipinski definition) is 3. The summed E-state index contributed by atoms with van der Waals surface area (Å²) in [5.74, 6) is -1.19. The van der Waals surface area contributed by atoms with Gasteiger partial charge in [0.2, 0.25) is 0 Å². The zero-order valence-corrected chi connectivity index (χ0v) is 21.3. The van der Waals surface area contributed by atoms with Crippen LogP contribution in [0.1, 0.15) is 29.5 Å². The van der Waals surface area contributed by atoms with Crippen LogP contribution in [0.3, 0.4) is 0 Å². The highest BCUT2D eigenvalue weighted by Crippen LogP contribution is 2.44. The molecule has 1 aliphatic rings. The first-order valence-electron chi connectivity index (χ1n) is 12.6. The van der Waals surface area contributed by atoms with Gasteiger partial charge in [0.15, 0.2) is 0 Å². The highest BCUT2D eigenvalue weighted by Gasteiger charge is 2.29. The van der Waals surface area contributed by atoms with E-state index in [0.717, 1.165) is 38.9 Å². The van der Waals surface area contributed by atoms with Crippen molar-refractivity contribution in [2.75, 3.05) is 6.61 Å². The Bertz CT molecular complexity index is 1350. The monoisotopic (exact) mass is 505 g/mol. The van der Waals surface area contributed by atoms with Crippen LogP contribution in [0.4, 0.5) is 4.79 Å². The molecule has 0 heterocycles. The second-order valence-electron chi connectivity index (χ2n) is 9.04. The van der Waals surface area contributed by atoms with Crippen LogP contribution in [0.5, 0.6) is 0 Å². The molecule has 192 valence electrons. The summed E-state index contributed by atoms with van der Waals surface area (Å²) in [6, 6.07) is 32.7. The molecule has 0 spiro atoms. The number of fused-ring (bicyclic) bond motifs is 3. The third-order valence-electron chi connectivity index (χ3n) is 6.43. The molecule has 5 rings (SSSR count). The third kappa shape index (κ3) is 6.19. The maximum absolute atomic E-state index is 12.6. The van der Waals surface area contributed by atoms with Gasteiger partial charge in [0.05, 0.1) is 0 Å². The van der Waals surface area contributed by atoms with Crippen molar-refractivity contribution in [3.63, 3.8) is 0 Å². The van der Waals surface area contributed by atoms with E-state index in [-0.39, 0.29) is 18.9 Å². The van der Waals surface area contributed by atoms with E-state index >= 15 is 0 Å². The van der Waals surface area contributed by atoms with Crippen LogP contribution >= 0.6 is 0 Å². The Morgan fingerprint density at radius 2 is 1.34 bits per heavy atom. The summed E-state index contributed by atoms with van der Waals surface area (Å²) in [6.45, 7) is 5.39. The topological polar surface area (TPSA) is 75.6 Å². The minimum Gasteiger partial charge on any atom is -0.480 e. The number of alkyl carbamates (subject to hydrolysis) is 1. The Kier molecular flexibility index (Phi) is 8.73. The molecule has 0 fully saturated rings. The van der Waals surface area contributed by atoms with E-state index in [2.05, 4.69) is 24.0 Å². The number of hydrogen-bond donors (Lipinski definition) is 2. The number of carboxylic acids is 1. The highest BCUT2D eigenvalue weighted by atomic mass is 16.5. The molecule has 4 aromatic carbocycles. The largest absolute Gasteiger partial charge is 0.480 e. The zero-order chi connectivity index (χ0) is 26.9. The summed E-state index contributed by atoms with van der Waals surface area (Å²) in [5, 5.41) is 12.2. The lowest BCUT2D eigenvalue weighted by atomic mass is 9.98.